The van der Waals surface area contributed by atoms with Gasteiger partial charge in [-0.2, -0.15) is 11.8 Å². The molecule has 1 atom stereocenters. The van der Waals surface area contributed by atoms with Gasteiger partial charge in [0.05, 0.1) is 10.5 Å². The molecule has 0 amide bonds. The van der Waals surface area contributed by atoms with Crippen LogP contribution in [0.25, 0.3) is 0 Å². The molecule has 0 aliphatic heterocycles. The molecule has 1 aromatic rings. The normalized spacial score (nSPS) is 13.2. The Morgan fingerprint density at radius 1 is 1.47 bits per heavy atom. The van der Waals surface area contributed by atoms with Crippen molar-refractivity contribution in [3.05, 3.63) is 29.8 Å². The summed E-state index contributed by atoms with van der Waals surface area (Å²) in [5.41, 5.74) is -0.0420. The average Bonchev–Trinajstić information content (AvgIpc) is 2.36. The molecule has 0 aliphatic carbocycles. The number of hydrogen-bond donors (Lipinski definition) is 2. The Hall–Kier alpha value is -1.05. The number of nitrogens with one attached hydrogen (secondary N) is 1. The summed E-state index contributed by atoms with van der Waals surface area (Å²) in [6.45, 7) is 1.79. The SMILES string of the molecule is CSCCC(C)NS(=O)(=O)c1cccc(C(=O)O)c1. The Labute approximate surface area is 117 Å². The quantitative estimate of drug-likeness (QED) is 0.802. The standard InChI is InChI=1S/C12H17NO4S2/c1-9(6-7-18-2)13-19(16,17)11-5-3-4-10(8-11)12(14)15/h3-5,8-9,13H,6-7H2,1-2H3,(H,14,15). The fourth-order valence-electron chi connectivity index (χ4n) is 1.48. The van der Waals surface area contributed by atoms with Gasteiger partial charge in [-0.3, -0.25) is 0 Å². The van der Waals surface area contributed by atoms with Gasteiger partial charge in [-0.15, -0.1) is 0 Å². The van der Waals surface area contributed by atoms with Crippen molar-refractivity contribution in [2.24, 2.45) is 0 Å². The Balaban J connectivity index is 2.88. The van der Waals surface area contributed by atoms with Crippen LogP contribution in [0.5, 0.6) is 0 Å². The monoisotopic (exact) mass is 303 g/mol. The molecule has 0 heterocycles. The summed E-state index contributed by atoms with van der Waals surface area (Å²) in [6.07, 6.45) is 2.68. The molecule has 7 heteroatoms. The number of rotatable bonds is 7. The van der Waals surface area contributed by atoms with Crippen molar-refractivity contribution >= 4 is 27.8 Å². The van der Waals surface area contributed by atoms with Crippen molar-refractivity contribution in [3.8, 4) is 0 Å². The minimum atomic E-state index is -3.67. The first-order valence-electron chi connectivity index (χ1n) is 5.71. The van der Waals surface area contributed by atoms with Crippen molar-refractivity contribution < 1.29 is 18.3 Å². The third kappa shape index (κ3) is 4.85. The van der Waals surface area contributed by atoms with Crippen molar-refractivity contribution in [1.29, 1.82) is 0 Å². The lowest BCUT2D eigenvalue weighted by atomic mass is 10.2. The van der Waals surface area contributed by atoms with Crippen LogP contribution in [0.15, 0.2) is 29.2 Å². The smallest absolute Gasteiger partial charge is 0.335 e. The summed E-state index contributed by atoms with van der Waals surface area (Å²) in [5.74, 6) is -0.286. The van der Waals surface area contributed by atoms with E-state index in [0.29, 0.717) is 0 Å². The van der Waals surface area contributed by atoms with Gasteiger partial charge in [0, 0.05) is 6.04 Å². The van der Waals surface area contributed by atoms with E-state index in [1.807, 2.05) is 6.26 Å². The van der Waals surface area contributed by atoms with Crippen LogP contribution in [-0.2, 0) is 10.0 Å². The number of aromatic carboxylic acids is 1. The number of carbonyl (C=O) groups is 1. The first-order chi connectivity index (χ1) is 8.86. The van der Waals surface area contributed by atoms with Crippen LogP contribution < -0.4 is 4.72 Å². The molecule has 1 unspecified atom stereocenters. The predicted octanol–water partition coefficient (Wildman–Crippen LogP) is 1.80. The van der Waals surface area contributed by atoms with Crippen LogP contribution in [0.4, 0.5) is 0 Å². The summed E-state index contributed by atoms with van der Waals surface area (Å²) in [7, 11) is -3.67. The van der Waals surface area contributed by atoms with Gasteiger partial charge < -0.3 is 5.11 Å². The molecular weight excluding hydrogens is 286 g/mol. The lowest BCUT2D eigenvalue weighted by Gasteiger charge is -2.13. The summed E-state index contributed by atoms with van der Waals surface area (Å²) >= 11 is 1.65. The Bertz CT molecular complexity index is 542. The maximum atomic E-state index is 12.1. The van der Waals surface area contributed by atoms with Crippen molar-refractivity contribution in [2.75, 3.05) is 12.0 Å². The molecule has 1 rings (SSSR count). The zero-order valence-corrected chi connectivity index (χ0v) is 12.4. The molecule has 0 spiro atoms. The second-order valence-electron chi connectivity index (χ2n) is 4.14. The lowest BCUT2D eigenvalue weighted by molar-refractivity contribution is 0.0696. The maximum absolute atomic E-state index is 12.1. The largest absolute Gasteiger partial charge is 0.478 e. The van der Waals surface area contributed by atoms with Gasteiger partial charge in [0.15, 0.2) is 0 Å². The zero-order chi connectivity index (χ0) is 14.5. The number of carboxylic acids is 1. The second kappa shape index (κ2) is 6.93. The number of benzene rings is 1. The maximum Gasteiger partial charge on any atom is 0.335 e. The fourth-order valence-corrected chi connectivity index (χ4v) is 3.40. The fraction of sp³-hybridized carbons (Fsp3) is 0.417. The molecule has 1 aromatic carbocycles. The van der Waals surface area contributed by atoms with Crippen LogP contribution in [0.2, 0.25) is 0 Å². The summed E-state index contributed by atoms with van der Waals surface area (Å²) < 4.78 is 26.7. The van der Waals surface area contributed by atoms with E-state index < -0.39 is 16.0 Å². The lowest BCUT2D eigenvalue weighted by Crippen LogP contribution is -2.33. The highest BCUT2D eigenvalue weighted by molar-refractivity contribution is 7.98. The van der Waals surface area contributed by atoms with Gasteiger partial charge in [-0.05, 0) is 43.6 Å². The minimum absolute atomic E-state index is 0.0246. The van der Waals surface area contributed by atoms with Crippen LogP contribution in [0, 0.1) is 0 Å². The number of sulfonamides is 1. The molecule has 0 saturated carbocycles. The van der Waals surface area contributed by atoms with Crippen molar-refractivity contribution in [1.82, 2.24) is 4.72 Å². The highest BCUT2D eigenvalue weighted by Gasteiger charge is 2.18. The summed E-state index contributed by atoms with van der Waals surface area (Å²) in [6, 6.07) is 5.14. The highest BCUT2D eigenvalue weighted by atomic mass is 32.2. The van der Waals surface area contributed by atoms with E-state index in [1.165, 1.54) is 18.2 Å². The van der Waals surface area contributed by atoms with Crippen LogP contribution >= 0.6 is 11.8 Å². The van der Waals surface area contributed by atoms with E-state index in [4.69, 9.17) is 5.11 Å². The molecule has 106 valence electrons. The molecule has 0 fully saturated rings. The van der Waals surface area contributed by atoms with E-state index in [-0.39, 0.29) is 16.5 Å². The van der Waals surface area contributed by atoms with Gasteiger partial charge in [0.2, 0.25) is 10.0 Å². The molecular formula is C12H17NO4S2. The Morgan fingerprint density at radius 2 is 2.16 bits per heavy atom. The highest BCUT2D eigenvalue weighted by Crippen LogP contribution is 2.13. The van der Waals surface area contributed by atoms with E-state index in [0.717, 1.165) is 18.2 Å². The topological polar surface area (TPSA) is 83.5 Å². The summed E-state index contributed by atoms with van der Waals surface area (Å²) in [5, 5.41) is 8.86. The van der Waals surface area contributed by atoms with Gasteiger partial charge >= 0.3 is 5.97 Å². The molecule has 2 N–H and O–H groups in total. The van der Waals surface area contributed by atoms with Gasteiger partial charge in [-0.25, -0.2) is 17.9 Å². The minimum Gasteiger partial charge on any atom is -0.478 e. The number of carboxylic acid groups (broad SMARTS) is 1. The van der Waals surface area contributed by atoms with Crippen LogP contribution in [0.3, 0.4) is 0 Å². The predicted molar refractivity (Wildman–Crippen MR) is 76.2 cm³/mol. The van der Waals surface area contributed by atoms with Gasteiger partial charge in [0.1, 0.15) is 0 Å². The first kappa shape index (κ1) is 16.0. The molecule has 0 aromatic heterocycles. The molecule has 0 saturated heterocycles. The molecule has 5 nitrogen and oxygen atoms in total. The van der Waals surface area contributed by atoms with E-state index >= 15 is 0 Å². The third-order valence-electron chi connectivity index (χ3n) is 2.50. The Kier molecular flexibility index (Phi) is 5.84. The molecule has 0 aliphatic rings. The van der Waals surface area contributed by atoms with E-state index in [1.54, 1.807) is 18.7 Å². The van der Waals surface area contributed by atoms with Crippen LogP contribution in [-0.4, -0.2) is 37.5 Å². The van der Waals surface area contributed by atoms with Crippen LogP contribution in [0.1, 0.15) is 23.7 Å². The molecule has 0 bridgehead atoms. The molecule has 0 radical (unpaired) electrons. The molecule has 19 heavy (non-hydrogen) atoms. The first-order valence-corrected chi connectivity index (χ1v) is 8.59. The van der Waals surface area contributed by atoms with Crippen molar-refractivity contribution in [2.45, 2.75) is 24.3 Å². The van der Waals surface area contributed by atoms with Gasteiger partial charge in [0.25, 0.3) is 0 Å². The van der Waals surface area contributed by atoms with Crippen molar-refractivity contribution in [3.63, 3.8) is 0 Å². The number of thioether (sulfide) groups is 1. The third-order valence-corrected chi connectivity index (χ3v) is 4.73. The van der Waals surface area contributed by atoms with E-state index in [2.05, 4.69) is 4.72 Å². The zero-order valence-electron chi connectivity index (χ0n) is 10.8. The number of hydrogen-bond acceptors (Lipinski definition) is 4. The van der Waals surface area contributed by atoms with Gasteiger partial charge in [-0.1, -0.05) is 6.07 Å². The average molecular weight is 303 g/mol. The Morgan fingerprint density at radius 3 is 2.74 bits per heavy atom. The summed E-state index contributed by atoms with van der Waals surface area (Å²) in [4.78, 5) is 10.8. The van der Waals surface area contributed by atoms with E-state index in [9.17, 15) is 13.2 Å². The second-order valence-corrected chi connectivity index (χ2v) is 6.84.